The van der Waals surface area contributed by atoms with Crippen molar-refractivity contribution in [3.63, 3.8) is 0 Å². The van der Waals surface area contributed by atoms with E-state index in [0.717, 1.165) is 25.7 Å². The van der Waals surface area contributed by atoms with Crippen LogP contribution in [0.5, 0.6) is 0 Å². The van der Waals surface area contributed by atoms with Crippen molar-refractivity contribution in [3.8, 4) is 6.07 Å². The van der Waals surface area contributed by atoms with Crippen LogP contribution in [0, 0.1) is 17.2 Å². The van der Waals surface area contributed by atoms with Gasteiger partial charge in [-0.1, -0.05) is 56.0 Å². The van der Waals surface area contributed by atoms with Crippen LogP contribution in [0.4, 0.5) is 0 Å². The van der Waals surface area contributed by atoms with Crippen LogP contribution in [0.3, 0.4) is 0 Å². The topological polar surface area (TPSA) is 62.5 Å². The average Bonchev–Trinajstić information content (AvgIpc) is 2.77. The summed E-state index contributed by atoms with van der Waals surface area (Å²) in [6.45, 7) is 0. The van der Waals surface area contributed by atoms with E-state index >= 15 is 0 Å². The molecule has 1 aromatic carbocycles. The summed E-state index contributed by atoms with van der Waals surface area (Å²) in [6.07, 6.45) is 6.90. The molecule has 0 aromatic heterocycles. The highest BCUT2D eigenvalue weighted by Crippen LogP contribution is 2.47. The van der Waals surface area contributed by atoms with Crippen molar-refractivity contribution in [3.05, 3.63) is 35.9 Å². The van der Waals surface area contributed by atoms with E-state index in [4.69, 9.17) is 9.78 Å². The van der Waals surface area contributed by atoms with Crippen LogP contribution < -0.4 is 0 Å². The number of nitrogens with zero attached hydrogens (tertiary/aromatic N) is 1. The van der Waals surface area contributed by atoms with Gasteiger partial charge < -0.3 is 5.11 Å². The summed E-state index contributed by atoms with van der Waals surface area (Å²) in [6, 6.07) is 11.3. The fraction of sp³-hybridized carbons (Fsp3) is 0.588. The van der Waals surface area contributed by atoms with Gasteiger partial charge in [0.05, 0.1) is 6.07 Å². The molecule has 1 aliphatic heterocycles. The number of hydrogen-bond acceptors (Lipinski definition) is 4. The first-order valence-corrected chi connectivity index (χ1v) is 7.73. The van der Waals surface area contributed by atoms with Gasteiger partial charge in [-0.3, -0.25) is 0 Å². The van der Waals surface area contributed by atoms with E-state index in [1.54, 1.807) is 12.1 Å². The maximum Gasteiger partial charge on any atom is 0.241 e. The van der Waals surface area contributed by atoms with Gasteiger partial charge >= 0.3 is 0 Å². The van der Waals surface area contributed by atoms with Crippen LogP contribution in [0.25, 0.3) is 0 Å². The van der Waals surface area contributed by atoms with E-state index in [9.17, 15) is 10.4 Å². The standard InChI is InChI=1S/C17H21NO3/c18-13-15-12-16(10-6-1-2-7-11-16)20-21-17(15,19)14-8-4-3-5-9-14/h3-5,8-9,15,19H,1-2,6-7,10-12H2. The lowest BCUT2D eigenvalue weighted by molar-refractivity contribution is -0.504. The summed E-state index contributed by atoms with van der Waals surface area (Å²) < 4.78 is 0. The van der Waals surface area contributed by atoms with Gasteiger partial charge in [-0.05, 0) is 12.8 Å². The molecule has 21 heavy (non-hydrogen) atoms. The van der Waals surface area contributed by atoms with Gasteiger partial charge in [-0.2, -0.15) is 10.1 Å². The minimum atomic E-state index is -1.67. The van der Waals surface area contributed by atoms with Crippen LogP contribution in [-0.2, 0) is 15.6 Å². The zero-order valence-electron chi connectivity index (χ0n) is 12.1. The van der Waals surface area contributed by atoms with Crippen molar-refractivity contribution >= 4 is 0 Å². The van der Waals surface area contributed by atoms with E-state index in [1.807, 2.05) is 18.2 Å². The molecule has 112 valence electrons. The molecule has 1 spiro atoms. The Morgan fingerprint density at radius 2 is 1.71 bits per heavy atom. The summed E-state index contributed by atoms with van der Waals surface area (Å²) in [5.41, 5.74) is 0.165. The van der Waals surface area contributed by atoms with Crippen molar-refractivity contribution < 1.29 is 14.9 Å². The number of hydrogen-bond donors (Lipinski definition) is 1. The molecule has 0 bridgehead atoms. The minimum Gasteiger partial charge on any atom is -0.359 e. The van der Waals surface area contributed by atoms with Crippen LogP contribution in [0.1, 0.15) is 50.5 Å². The number of aliphatic hydroxyl groups is 1. The lowest BCUT2D eigenvalue weighted by atomic mass is 9.78. The molecule has 1 aromatic rings. The Morgan fingerprint density at radius 1 is 1.05 bits per heavy atom. The summed E-state index contributed by atoms with van der Waals surface area (Å²) in [4.78, 5) is 11.1. The summed E-state index contributed by atoms with van der Waals surface area (Å²) >= 11 is 0. The Balaban J connectivity index is 1.86. The molecular formula is C17H21NO3. The van der Waals surface area contributed by atoms with Crippen molar-refractivity contribution in [1.29, 1.82) is 5.26 Å². The largest absolute Gasteiger partial charge is 0.359 e. The fourth-order valence-corrected chi connectivity index (χ4v) is 3.47. The summed E-state index contributed by atoms with van der Waals surface area (Å²) in [5, 5.41) is 20.3. The predicted molar refractivity (Wildman–Crippen MR) is 76.7 cm³/mol. The Bertz CT molecular complexity index is 517. The lowest BCUT2D eigenvalue weighted by Crippen LogP contribution is -2.50. The number of rotatable bonds is 1. The van der Waals surface area contributed by atoms with Gasteiger partial charge in [-0.25, -0.2) is 4.89 Å². The molecule has 1 aliphatic carbocycles. The number of nitriles is 1. The van der Waals surface area contributed by atoms with Gasteiger partial charge in [0.15, 0.2) is 0 Å². The average molecular weight is 287 g/mol. The van der Waals surface area contributed by atoms with Gasteiger partial charge in [0, 0.05) is 12.0 Å². The first kappa shape index (κ1) is 14.5. The Morgan fingerprint density at radius 3 is 2.33 bits per heavy atom. The second-order valence-electron chi connectivity index (χ2n) is 6.21. The SMILES string of the molecule is N#CC1CC2(CCCCCC2)OOC1(O)c1ccccc1. The smallest absolute Gasteiger partial charge is 0.241 e. The molecule has 2 fully saturated rings. The maximum absolute atomic E-state index is 10.8. The molecule has 3 rings (SSSR count). The third-order valence-corrected chi connectivity index (χ3v) is 4.75. The van der Waals surface area contributed by atoms with Crippen molar-refractivity contribution in [2.75, 3.05) is 0 Å². The minimum absolute atomic E-state index is 0.405. The second kappa shape index (κ2) is 5.76. The molecule has 2 aliphatic rings. The van der Waals surface area contributed by atoms with Crippen LogP contribution in [-0.4, -0.2) is 10.7 Å². The van der Waals surface area contributed by atoms with Crippen molar-refractivity contribution in [2.45, 2.75) is 56.3 Å². The normalized spacial score (nSPS) is 32.3. The first-order valence-electron chi connectivity index (χ1n) is 7.73. The van der Waals surface area contributed by atoms with Gasteiger partial charge in [0.2, 0.25) is 5.79 Å². The van der Waals surface area contributed by atoms with E-state index in [1.165, 1.54) is 12.8 Å². The molecule has 1 saturated carbocycles. The molecular weight excluding hydrogens is 266 g/mol. The summed E-state index contributed by atoms with van der Waals surface area (Å²) in [5.74, 6) is -2.29. The molecule has 1 N–H and O–H groups in total. The van der Waals surface area contributed by atoms with E-state index in [0.29, 0.717) is 12.0 Å². The van der Waals surface area contributed by atoms with Crippen LogP contribution in [0.2, 0.25) is 0 Å². The predicted octanol–water partition coefficient (Wildman–Crippen LogP) is 3.42. The zero-order chi connectivity index (χ0) is 14.8. The van der Waals surface area contributed by atoms with Crippen molar-refractivity contribution in [2.24, 2.45) is 5.92 Å². The maximum atomic E-state index is 10.8. The van der Waals surface area contributed by atoms with E-state index in [-0.39, 0.29) is 0 Å². The highest BCUT2D eigenvalue weighted by atomic mass is 17.2. The third kappa shape index (κ3) is 2.69. The molecule has 0 radical (unpaired) electrons. The summed E-state index contributed by atoms with van der Waals surface area (Å²) in [7, 11) is 0. The van der Waals surface area contributed by atoms with Gasteiger partial charge in [-0.15, -0.1) is 0 Å². The fourth-order valence-electron chi connectivity index (χ4n) is 3.47. The quantitative estimate of drug-likeness (QED) is 0.804. The Kier molecular flexibility index (Phi) is 3.99. The van der Waals surface area contributed by atoms with Gasteiger partial charge in [0.25, 0.3) is 0 Å². The molecule has 2 unspecified atom stereocenters. The monoisotopic (exact) mass is 287 g/mol. The highest BCUT2D eigenvalue weighted by Gasteiger charge is 2.52. The van der Waals surface area contributed by atoms with E-state index in [2.05, 4.69) is 6.07 Å². The van der Waals surface area contributed by atoms with Crippen molar-refractivity contribution in [1.82, 2.24) is 0 Å². The first-order chi connectivity index (χ1) is 10.2. The van der Waals surface area contributed by atoms with Crippen LogP contribution in [0.15, 0.2) is 30.3 Å². The number of benzene rings is 1. The van der Waals surface area contributed by atoms with Gasteiger partial charge in [0.1, 0.15) is 11.5 Å². The Hall–Kier alpha value is -1.41. The molecule has 2 atom stereocenters. The molecule has 0 amide bonds. The molecule has 4 nitrogen and oxygen atoms in total. The zero-order valence-corrected chi connectivity index (χ0v) is 12.1. The molecule has 4 heteroatoms. The van der Waals surface area contributed by atoms with E-state index < -0.39 is 17.3 Å². The second-order valence-corrected chi connectivity index (χ2v) is 6.21. The van der Waals surface area contributed by atoms with Crippen LogP contribution >= 0.6 is 0 Å². The molecule has 1 heterocycles. The Labute approximate surface area is 125 Å². The molecule has 1 saturated heterocycles. The highest BCUT2D eigenvalue weighted by molar-refractivity contribution is 5.23. The third-order valence-electron chi connectivity index (χ3n) is 4.75. The lowest BCUT2D eigenvalue weighted by Gasteiger charge is -2.44.